The van der Waals surface area contributed by atoms with E-state index >= 15 is 0 Å². The summed E-state index contributed by atoms with van der Waals surface area (Å²) in [5.41, 5.74) is 11.6. The number of carbonyl (C=O) groups excluding carboxylic acids is 3. The molecule has 0 unspecified atom stereocenters. The molecule has 2 aromatic rings. The molecule has 0 atom stereocenters. The molecule has 116 valence electrons. The molecule has 3 amide bonds. The Kier molecular flexibility index (Phi) is 3.21. The van der Waals surface area contributed by atoms with Crippen molar-refractivity contribution in [1.29, 1.82) is 0 Å². The topological polar surface area (TPSA) is 137 Å². The third-order valence-corrected chi connectivity index (χ3v) is 3.53. The van der Waals surface area contributed by atoms with Gasteiger partial charge in [-0.3, -0.25) is 29.1 Å². The lowest BCUT2D eigenvalue weighted by Crippen LogP contribution is -2.24. The fourth-order valence-corrected chi connectivity index (χ4v) is 2.51. The second kappa shape index (κ2) is 5.09. The molecule has 8 nitrogen and oxygen atoms in total. The summed E-state index contributed by atoms with van der Waals surface area (Å²) in [4.78, 5) is 46.5. The van der Waals surface area contributed by atoms with E-state index < -0.39 is 23.3 Å². The lowest BCUT2D eigenvalue weighted by atomic mass is 10.1. The molecule has 0 aliphatic carbocycles. The molecular formula is C15H12N4O4. The summed E-state index contributed by atoms with van der Waals surface area (Å²) in [6, 6.07) is 7.49. The van der Waals surface area contributed by atoms with Gasteiger partial charge in [0.15, 0.2) is 0 Å². The minimum atomic E-state index is -0.641. The molecule has 3 rings (SSSR count). The Bertz CT molecular complexity index is 912. The number of nitrogens with zero attached hydrogens (tertiary/aromatic N) is 1. The highest BCUT2D eigenvalue weighted by Crippen LogP contribution is 2.22. The van der Waals surface area contributed by atoms with Crippen molar-refractivity contribution < 1.29 is 14.4 Å². The van der Waals surface area contributed by atoms with Crippen LogP contribution in [0.3, 0.4) is 0 Å². The van der Waals surface area contributed by atoms with Crippen molar-refractivity contribution in [1.82, 2.24) is 9.88 Å². The molecule has 0 bridgehead atoms. The number of hydrogen-bond donors (Lipinski definition) is 3. The van der Waals surface area contributed by atoms with Crippen molar-refractivity contribution in [2.75, 3.05) is 5.73 Å². The third kappa shape index (κ3) is 2.35. The molecular weight excluding hydrogens is 300 g/mol. The summed E-state index contributed by atoms with van der Waals surface area (Å²) in [5.74, 6) is -1.86. The standard InChI is InChI=1S/C15H12N4O4/c16-10(20)5-7-1-3-8(4-2-7)19-11(21)6-9-12(13(19)17)15(23)18-14(9)22/h1-4,6H,5,17H2,(H2,16,20)(H,18,22,23). The Balaban J connectivity index is 2.13. The molecule has 0 spiro atoms. The number of carbonyl (C=O) groups is 3. The number of imide groups is 1. The zero-order valence-corrected chi connectivity index (χ0v) is 11.8. The van der Waals surface area contributed by atoms with E-state index in [0.717, 1.165) is 10.6 Å². The van der Waals surface area contributed by atoms with Gasteiger partial charge < -0.3 is 11.5 Å². The van der Waals surface area contributed by atoms with Gasteiger partial charge in [-0.25, -0.2) is 0 Å². The van der Waals surface area contributed by atoms with Gasteiger partial charge in [-0.15, -0.1) is 0 Å². The number of nitrogens with two attached hydrogens (primary N) is 2. The molecule has 23 heavy (non-hydrogen) atoms. The monoisotopic (exact) mass is 312 g/mol. The smallest absolute Gasteiger partial charge is 0.262 e. The van der Waals surface area contributed by atoms with Gasteiger partial charge >= 0.3 is 0 Å². The first-order chi connectivity index (χ1) is 10.9. The van der Waals surface area contributed by atoms with Gasteiger partial charge in [0.25, 0.3) is 17.4 Å². The Morgan fingerprint density at radius 2 is 1.74 bits per heavy atom. The highest BCUT2D eigenvalue weighted by Gasteiger charge is 2.31. The number of pyridine rings is 1. The molecule has 1 aromatic heterocycles. The SMILES string of the molecule is NC(=O)Cc1ccc(-n2c(N)c3c(cc2=O)C(=O)NC3=O)cc1. The molecule has 2 heterocycles. The summed E-state index contributed by atoms with van der Waals surface area (Å²) >= 11 is 0. The van der Waals surface area contributed by atoms with Crippen LogP contribution in [0, 0.1) is 0 Å². The molecule has 5 N–H and O–H groups in total. The molecule has 0 saturated heterocycles. The van der Waals surface area contributed by atoms with E-state index in [9.17, 15) is 19.2 Å². The van der Waals surface area contributed by atoms with Crippen molar-refractivity contribution in [2.24, 2.45) is 5.73 Å². The number of amides is 3. The van der Waals surface area contributed by atoms with Gasteiger partial charge in [-0.1, -0.05) is 12.1 Å². The van der Waals surface area contributed by atoms with Crippen LogP contribution in [0.5, 0.6) is 0 Å². The van der Waals surface area contributed by atoms with Crippen LogP contribution < -0.4 is 22.3 Å². The van der Waals surface area contributed by atoms with Crippen LogP contribution in [0.2, 0.25) is 0 Å². The van der Waals surface area contributed by atoms with E-state index in [4.69, 9.17) is 11.5 Å². The van der Waals surface area contributed by atoms with Crippen LogP contribution >= 0.6 is 0 Å². The minimum absolute atomic E-state index is 0.0178. The fraction of sp³-hybridized carbons (Fsp3) is 0.0667. The summed E-state index contributed by atoms with van der Waals surface area (Å²) < 4.78 is 1.13. The molecule has 1 aromatic carbocycles. The van der Waals surface area contributed by atoms with Gasteiger partial charge in [0.2, 0.25) is 5.91 Å². The average Bonchev–Trinajstić information content (AvgIpc) is 2.75. The van der Waals surface area contributed by atoms with Crippen molar-refractivity contribution in [3.63, 3.8) is 0 Å². The minimum Gasteiger partial charge on any atom is -0.384 e. The number of fused-ring (bicyclic) bond motifs is 1. The molecule has 8 heteroatoms. The quantitative estimate of drug-likeness (QED) is 0.645. The number of aromatic nitrogens is 1. The Hall–Kier alpha value is -3.42. The number of rotatable bonds is 3. The molecule has 1 aliphatic heterocycles. The molecule has 0 fully saturated rings. The van der Waals surface area contributed by atoms with Crippen LogP contribution in [0.25, 0.3) is 5.69 Å². The highest BCUT2D eigenvalue weighted by atomic mass is 16.2. The van der Waals surface area contributed by atoms with Gasteiger partial charge in [-0.2, -0.15) is 0 Å². The van der Waals surface area contributed by atoms with Crippen LogP contribution in [0.1, 0.15) is 26.3 Å². The Labute approximate surface area is 129 Å². The number of nitrogens with one attached hydrogen (secondary N) is 1. The normalized spacial score (nSPS) is 12.9. The van der Waals surface area contributed by atoms with Crippen LogP contribution in [0.15, 0.2) is 35.1 Å². The van der Waals surface area contributed by atoms with E-state index in [1.54, 1.807) is 24.3 Å². The molecule has 0 saturated carbocycles. The predicted octanol–water partition coefficient (Wildman–Crippen LogP) is -0.669. The summed E-state index contributed by atoms with van der Waals surface area (Å²) in [7, 11) is 0. The van der Waals surface area contributed by atoms with Crippen molar-refractivity contribution in [3.05, 3.63) is 57.4 Å². The first-order valence-corrected chi connectivity index (χ1v) is 6.67. The summed E-state index contributed by atoms with van der Waals surface area (Å²) in [5, 5.41) is 2.10. The predicted molar refractivity (Wildman–Crippen MR) is 81.1 cm³/mol. The maximum atomic E-state index is 12.2. The molecule has 1 aliphatic rings. The van der Waals surface area contributed by atoms with Crippen molar-refractivity contribution in [3.8, 4) is 5.69 Å². The summed E-state index contributed by atoms with van der Waals surface area (Å²) in [6.45, 7) is 0. The number of nitrogen functional groups attached to an aromatic ring is 1. The Morgan fingerprint density at radius 1 is 1.09 bits per heavy atom. The maximum absolute atomic E-state index is 12.2. The van der Waals surface area contributed by atoms with Crippen LogP contribution in [-0.4, -0.2) is 22.3 Å². The maximum Gasteiger partial charge on any atom is 0.262 e. The number of anilines is 1. The molecule has 0 radical (unpaired) electrons. The van der Waals surface area contributed by atoms with Gasteiger partial charge in [0, 0.05) is 6.07 Å². The van der Waals surface area contributed by atoms with Crippen LogP contribution in [-0.2, 0) is 11.2 Å². The zero-order chi connectivity index (χ0) is 16.7. The zero-order valence-electron chi connectivity index (χ0n) is 11.8. The van der Waals surface area contributed by atoms with Gasteiger partial charge in [-0.05, 0) is 17.7 Å². The highest BCUT2D eigenvalue weighted by molar-refractivity contribution is 6.23. The van der Waals surface area contributed by atoms with Crippen molar-refractivity contribution in [2.45, 2.75) is 6.42 Å². The van der Waals surface area contributed by atoms with Crippen LogP contribution in [0.4, 0.5) is 5.82 Å². The van der Waals surface area contributed by atoms with E-state index in [1.165, 1.54) is 0 Å². The first-order valence-electron chi connectivity index (χ1n) is 6.67. The number of benzene rings is 1. The first kappa shape index (κ1) is 14.5. The lowest BCUT2D eigenvalue weighted by molar-refractivity contribution is -0.117. The number of hydrogen-bond acceptors (Lipinski definition) is 5. The van der Waals surface area contributed by atoms with Gasteiger partial charge in [0.1, 0.15) is 5.82 Å². The van der Waals surface area contributed by atoms with Crippen molar-refractivity contribution >= 4 is 23.5 Å². The van der Waals surface area contributed by atoms with E-state index in [1.807, 2.05) is 0 Å². The second-order valence-corrected chi connectivity index (χ2v) is 5.08. The largest absolute Gasteiger partial charge is 0.384 e. The average molecular weight is 312 g/mol. The number of primary amides is 1. The van der Waals surface area contributed by atoms with E-state index in [2.05, 4.69) is 5.32 Å². The van der Waals surface area contributed by atoms with E-state index in [-0.39, 0.29) is 23.4 Å². The fourth-order valence-electron chi connectivity index (χ4n) is 2.51. The third-order valence-electron chi connectivity index (χ3n) is 3.53. The second-order valence-electron chi connectivity index (χ2n) is 5.08. The summed E-state index contributed by atoms with van der Waals surface area (Å²) in [6.07, 6.45) is 0.0752. The lowest BCUT2D eigenvalue weighted by Gasteiger charge is -2.12. The van der Waals surface area contributed by atoms with Gasteiger partial charge in [0.05, 0.1) is 23.2 Å². The Morgan fingerprint density at radius 3 is 2.35 bits per heavy atom. The van der Waals surface area contributed by atoms with E-state index in [0.29, 0.717) is 11.3 Å².